The molecule has 1 N–H and O–H groups in total. The largest absolute Gasteiger partial charge is 0.507 e. The highest BCUT2D eigenvalue weighted by Crippen LogP contribution is 2.34. The molecule has 0 aromatic heterocycles. The van der Waals surface area contributed by atoms with Crippen molar-refractivity contribution in [3.8, 4) is 11.5 Å². The topological polar surface area (TPSA) is 54.2 Å². The van der Waals surface area contributed by atoms with Crippen molar-refractivity contribution in [2.24, 2.45) is 9.98 Å². The molecule has 0 unspecified atom stereocenters. The van der Waals surface area contributed by atoms with Crippen LogP contribution in [0.3, 0.4) is 0 Å². The standard InChI is InChI=1S/C22H17FN2O2/c1-27-16-10-11-22(26)17(12-16)21-13-20(14-6-8-15(23)9-7-14)24-18-4-2-3-5-19(18)25-21/h2-12,26H,13H2,1H3. The Labute approximate surface area is 156 Å². The number of rotatable bonds is 3. The summed E-state index contributed by atoms with van der Waals surface area (Å²) in [5, 5.41) is 10.4. The summed E-state index contributed by atoms with van der Waals surface area (Å²) in [7, 11) is 1.58. The molecular weight excluding hydrogens is 343 g/mol. The second-order valence-corrected chi connectivity index (χ2v) is 6.17. The van der Waals surface area contributed by atoms with E-state index in [1.54, 1.807) is 37.4 Å². The third-order valence-corrected chi connectivity index (χ3v) is 4.42. The molecule has 134 valence electrons. The fraction of sp³-hybridized carbons (Fsp3) is 0.0909. The van der Waals surface area contributed by atoms with Gasteiger partial charge in [-0.15, -0.1) is 0 Å². The quantitative estimate of drug-likeness (QED) is 0.699. The molecule has 27 heavy (non-hydrogen) atoms. The summed E-state index contributed by atoms with van der Waals surface area (Å²) in [6, 6.07) is 18.8. The Morgan fingerprint density at radius 2 is 1.56 bits per heavy atom. The Morgan fingerprint density at radius 1 is 0.889 bits per heavy atom. The number of benzene rings is 3. The molecule has 1 heterocycles. The van der Waals surface area contributed by atoms with Gasteiger partial charge in [0.15, 0.2) is 0 Å². The molecule has 4 nitrogen and oxygen atoms in total. The van der Waals surface area contributed by atoms with Crippen molar-refractivity contribution in [3.63, 3.8) is 0 Å². The number of halogens is 1. The van der Waals surface area contributed by atoms with E-state index in [-0.39, 0.29) is 11.6 Å². The Kier molecular flexibility index (Phi) is 4.42. The molecular formula is C22H17FN2O2. The summed E-state index contributed by atoms with van der Waals surface area (Å²) in [6.45, 7) is 0. The minimum Gasteiger partial charge on any atom is -0.507 e. The van der Waals surface area contributed by atoms with E-state index < -0.39 is 0 Å². The van der Waals surface area contributed by atoms with Gasteiger partial charge in [0.05, 0.1) is 29.9 Å². The number of phenols is 1. The van der Waals surface area contributed by atoms with Gasteiger partial charge in [-0.2, -0.15) is 0 Å². The predicted octanol–water partition coefficient (Wildman–Crippen LogP) is 5.19. The number of ether oxygens (including phenoxy) is 1. The molecule has 0 saturated heterocycles. The summed E-state index contributed by atoms with van der Waals surface area (Å²) in [4.78, 5) is 9.51. The number of aromatic hydroxyl groups is 1. The highest BCUT2D eigenvalue weighted by Gasteiger charge is 2.19. The monoisotopic (exact) mass is 360 g/mol. The van der Waals surface area contributed by atoms with Crippen LogP contribution in [0, 0.1) is 5.82 Å². The average molecular weight is 360 g/mol. The summed E-state index contributed by atoms with van der Waals surface area (Å²) in [6.07, 6.45) is 0.390. The van der Waals surface area contributed by atoms with Gasteiger partial charge in [0.25, 0.3) is 0 Å². The minimum atomic E-state index is -0.298. The maximum absolute atomic E-state index is 13.3. The van der Waals surface area contributed by atoms with Crippen LogP contribution in [-0.4, -0.2) is 23.6 Å². The third kappa shape index (κ3) is 3.44. The molecule has 0 bridgehead atoms. The SMILES string of the molecule is COc1ccc(O)c(C2=Nc3ccccc3N=C(c3ccc(F)cc3)C2)c1. The van der Waals surface area contributed by atoms with E-state index in [4.69, 9.17) is 14.7 Å². The van der Waals surface area contributed by atoms with Crippen LogP contribution in [0.2, 0.25) is 0 Å². The van der Waals surface area contributed by atoms with Crippen molar-refractivity contribution in [1.29, 1.82) is 0 Å². The minimum absolute atomic E-state index is 0.118. The molecule has 0 amide bonds. The average Bonchev–Trinajstić information content (AvgIpc) is 2.88. The first kappa shape index (κ1) is 17.0. The van der Waals surface area contributed by atoms with Crippen molar-refractivity contribution >= 4 is 22.8 Å². The second kappa shape index (κ2) is 7.03. The maximum atomic E-state index is 13.3. The van der Waals surface area contributed by atoms with E-state index >= 15 is 0 Å². The van der Waals surface area contributed by atoms with Crippen LogP contribution < -0.4 is 4.74 Å². The first-order valence-electron chi connectivity index (χ1n) is 8.51. The molecule has 0 spiro atoms. The van der Waals surface area contributed by atoms with E-state index in [1.807, 2.05) is 24.3 Å². The number of phenolic OH excluding ortho intramolecular Hbond substituents is 1. The van der Waals surface area contributed by atoms with Crippen LogP contribution in [0.4, 0.5) is 15.8 Å². The lowest BCUT2D eigenvalue weighted by Gasteiger charge is -2.11. The van der Waals surface area contributed by atoms with Crippen LogP contribution in [0.5, 0.6) is 11.5 Å². The maximum Gasteiger partial charge on any atom is 0.124 e. The van der Waals surface area contributed by atoms with Gasteiger partial charge >= 0.3 is 0 Å². The lowest BCUT2D eigenvalue weighted by atomic mass is 9.99. The molecule has 0 atom stereocenters. The van der Waals surface area contributed by atoms with Crippen molar-refractivity contribution in [2.75, 3.05) is 7.11 Å². The van der Waals surface area contributed by atoms with Gasteiger partial charge < -0.3 is 9.84 Å². The molecule has 3 aromatic rings. The van der Waals surface area contributed by atoms with Gasteiger partial charge in [-0.1, -0.05) is 24.3 Å². The van der Waals surface area contributed by atoms with Gasteiger partial charge in [-0.25, -0.2) is 4.39 Å². The van der Waals surface area contributed by atoms with E-state index in [9.17, 15) is 9.50 Å². The van der Waals surface area contributed by atoms with Gasteiger partial charge in [-0.05, 0) is 48.0 Å². The molecule has 3 aromatic carbocycles. The van der Waals surface area contributed by atoms with E-state index in [1.165, 1.54) is 12.1 Å². The van der Waals surface area contributed by atoms with Gasteiger partial charge in [0.2, 0.25) is 0 Å². The molecule has 5 heteroatoms. The smallest absolute Gasteiger partial charge is 0.124 e. The van der Waals surface area contributed by atoms with E-state index in [0.717, 1.165) is 17.0 Å². The summed E-state index contributed by atoms with van der Waals surface area (Å²) in [5.74, 6) is 0.448. The van der Waals surface area contributed by atoms with Crippen LogP contribution in [0.25, 0.3) is 0 Å². The first-order valence-corrected chi connectivity index (χ1v) is 8.51. The molecule has 0 radical (unpaired) electrons. The highest BCUT2D eigenvalue weighted by molar-refractivity contribution is 6.21. The number of para-hydroxylation sites is 2. The zero-order chi connectivity index (χ0) is 18.8. The van der Waals surface area contributed by atoms with Crippen molar-refractivity contribution in [1.82, 2.24) is 0 Å². The van der Waals surface area contributed by atoms with Crippen LogP contribution in [-0.2, 0) is 0 Å². The predicted molar refractivity (Wildman–Crippen MR) is 105 cm³/mol. The molecule has 0 saturated carbocycles. The van der Waals surface area contributed by atoms with Crippen LogP contribution in [0.15, 0.2) is 76.7 Å². The number of methoxy groups -OCH3 is 1. The lowest BCUT2D eigenvalue weighted by Crippen LogP contribution is -2.10. The normalized spacial score (nSPS) is 13.3. The number of aliphatic imine (C=N–C) groups is 2. The Balaban J connectivity index is 1.87. The Hall–Kier alpha value is -3.47. The number of fused-ring (bicyclic) bond motifs is 1. The fourth-order valence-corrected chi connectivity index (χ4v) is 3.02. The zero-order valence-corrected chi connectivity index (χ0v) is 14.7. The van der Waals surface area contributed by atoms with Gasteiger partial charge in [0.1, 0.15) is 17.3 Å². The summed E-state index contributed by atoms with van der Waals surface area (Å²) < 4.78 is 18.6. The Bertz CT molecular complexity index is 1060. The molecule has 0 fully saturated rings. The first-order chi connectivity index (χ1) is 13.1. The van der Waals surface area contributed by atoms with Crippen LogP contribution >= 0.6 is 0 Å². The van der Waals surface area contributed by atoms with Crippen LogP contribution in [0.1, 0.15) is 17.5 Å². The molecule has 0 aliphatic carbocycles. The van der Waals surface area contributed by atoms with E-state index in [0.29, 0.717) is 29.1 Å². The second-order valence-electron chi connectivity index (χ2n) is 6.17. The highest BCUT2D eigenvalue weighted by atomic mass is 19.1. The molecule has 1 aliphatic heterocycles. The Morgan fingerprint density at radius 3 is 2.22 bits per heavy atom. The van der Waals surface area contributed by atoms with Gasteiger partial charge in [-0.3, -0.25) is 9.98 Å². The third-order valence-electron chi connectivity index (χ3n) is 4.42. The fourth-order valence-electron chi connectivity index (χ4n) is 3.02. The number of hydrogen-bond acceptors (Lipinski definition) is 4. The number of hydrogen-bond donors (Lipinski definition) is 1. The van der Waals surface area contributed by atoms with E-state index in [2.05, 4.69) is 0 Å². The van der Waals surface area contributed by atoms with Crippen molar-refractivity contribution in [2.45, 2.75) is 6.42 Å². The zero-order valence-electron chi connectivity index (χ0n) is 14.7. The lowest BCUT2D eigenvalue weighted by molar-refractivity contribution is 0.412. The summed E-state index contributed by atoms with van der Waals surface area (Å²) in [5.41, 5.74) is 4.26. The molecule has 1 aliphatic rings. The van der Waals surface area contributed by atoms with Crippen molar-refractivity contribution in [3.05, 3.63) is 83.7 Å². The molecule has 4 rings (SSSR count). The van der Waals surface area contributed by atoms with Gasteiger partial charge in [0, 0.05) is 12.0 Å². The summed E-state index contributed by atoms with van der Waals surface area (Å²) >= 11 is 0. The van der Waals surface area contributed by atoms with Crippen molar-refractivity contribution < 1.29 is 14.2 Å². The number of nitrogens with zero attached hydrogens (tertiary/aromatic N) is 2.